The van der Waals surface area contributed by atoms with Crippen LogP contribution in [0.5, 0.6) is 0 Å². The van der Waals surface area contributed by atoms with Crippen molar-refractivity contribution in [3.63, 3.8) is 0 Å². The fourth-order valence-electron chi connectivity index (χ4n) is 2.83. The molecule has 1 aromatic rings. The van der Waals surface area contributed by atoms with Crippen molar-refractivity contribution in [2.45, 2.75) is 32.0 Å². The molecule has 1 aromatic carbocycles. The number of nitrogens with one attached hydrogen (secondary N) is 1. The average Bonchev–Trinajstić information content (AvgIpc) is 2.45. The van der Waals surface area contributed by atoms with E-state index in [1.165, 1.54) is 6.07 Å². The number of benzene rings is 1. The van der Waals surface area contributed by atoms with Crippen molar-refractivity contribution in [3.8, 4) is 0 Å². The molecule has 1 N–H and O–H groups in total. The fraction of sp³-hybridized carbons (Fsp3) is 0.600. The van der Waals surface area contributed by atoms with Gasteiger partial charge in [-0.1, -0.05) is 37.1 Å². The Kier molecular flexibility index (Phi) is 9.86. The lowest BCUT2D eigenvalue weighted by molar-refractivity contribution is -0.137. The van der Waals surface area contributed by atoms with Crippen molar-refractivity contribution in [1.29, 1.82) is 0 Å². The van der Waals surface area contributed by atoms with E-state index >= 15 is 0 Å². The number of halogens is 6. The Hall–Kier alpha value is -0.200. The summed E-state index contributed by atoms with van der Waals surface area (Å²) in [7, 11) is 0. The van der Waals surface area contributed by atoms with Gasteiger partial charge in [0.25, 0.3) is 0 Å². The molecule has 2 rings (SSSR count). The third kappa shape index (κ3) is 5.68. The molecule has 0 bridgehead atoms. The molecule has 8 heteroatoms. The van der Waals surface area contributed by atoms with Crippen LogP contribution in [-0.2, 0) is 6.18 Å². The zero-order valence-corrected chi connectivity index (χ0v) is 15.2. The molecule has 0 saturated carbocycles. The highest BCUT2D eigenvalue weighted by Gasteiger charge is 2.35. The Balaban J connectivity index is 0.00000242. The van der Waals surface area contributed by atoms with E-state index < -0.39 is 11.7 Å². The minimum atomic E-state index is -4.41. The van der Waals surface area contributed by atoms with E-state index in [0.29, 0.717) is 5.56 Å². The van der Waals surface area contributed by atoms with Gasteiger partial charge in [-0.25, -0.2) is 0 Å². The van der Waals surface area contributed by atoms with Crippen LogP contribution >= 0.6 is 36.4 Å². The zero-order chi connectivity index (χ0) is 15.5. The maximum Gasteiger partial charge on any atom is 0.417 e. The van der Waals surface area contributed by atoms with Gasteiger partial charge in [-0.3, -0.25) is 4.90 Å². The minimum absolute atomic E-state index is 0. The molecule has 1 aliphatic heterocycles. The maximum absolute atomic E-state index is 13.0. The molecule has 0 radical (unpaired) electrons. The molecular weight excluding hydrogens is 372 g/mol. The topological polar surface area (TPSA) is 15.3 Å². The predicted molar refractivity (Wildman–Crippen MR) is 93.0 cm³/mol. The first-order valence-electron chi connectivity index (χ1n) is 7.25. The van der Waals surface area contributed by atoms with Crippen LogP contribution in [0.3, 0.4) is 0 Å². The van der Waals surface area contributed by atoms with Crippen LogP contribution in [0.4, 0.5) is 13.2 Å². The van der Waals surface area contributed by atoms with E-state index in [1.807, 2.05) is 6.92 Å². The predicted octanol–water partition coefficient (Wildman–Crippen LogP) is 4.95. The van der Waals surface area contributed by atoms with E-state index in [-0.39, 0.29) is 35.9 Å². The van der Waals surface area contributed by atoms with Crippen LogP contribution in [0.25, 0.3) is 0 Å². The summed E-state index contributed by atoms with van der Waals surface area (Å²) >= 11 is 6.08. The normalized spacial score (nSPS) is 17.1. The van der Waals surface area contributed by atoms with E-state index in [1.54, 1.807) is 6.07 Å². The van der Waals surface area contributed by atoms with E-state index in [2.05, 4.69) is 10.2 Å². The smallest absolute Gasteiger partial charge is 0.314 e. The molecule has 2 nitrogen and oxygen atoms in total. The molecule has 0 aromatic heterocycles. The maximum atomic E-state index is 13.0. The van der Waals surface area contributed by atoms with E-state index in [0.717, 1.165) is 45.1 Å². The summed E-state index contributed by atoms with van der Waals surface area (Å²) in [6, 6.07) is 4.17. The van der Waals surface area contributed by atoms with Crippen LogP contribution in [0.15, 0.2) is 18.2 Å². The molecule has 1 fully saturated rings. The quantitative estimate of drug-likeness (QED) is 0.778. The second-order valence-corrected chi connectivity index (χ2v) is 5.67. The standard InChI is InChI=1S/C15H20ClF3N2.2ClH/c1-2-4-13(21-9-7-20-8-10-21)11-5-3-6-12(14(11)16)15(17,18)19;;/h3,5-6,13,20H,2,4,7-10H2,1H3;2*1H/t13-;;/m0../s1. The summed E-state index contributed by atoms with van der Waals surface area (Å²) in [4.78, 5) is 2.22. The van der Waals surface area contributed by atoms with Crippen molar-refractivity contribution in [2.24, 2.45) is 0 Å². The summed E-state index contributed by atoms with van der Waals surface area (Å²) < 4.78 is 39.0. The summed E-state index contributed by atoms with van der Waals surface area (Å²) in [5.41, 5.74) is -0.145. The van der Waals surface area contributed by atoms with Crippen LogP contribution in [-0.4, -0.2) is 31.1 Å². The molecule has 0 unspecified atom stereocenters. The number of hydrogen-bond acceptors (Lipinski definition) is 2. The molecule has 0 aliphatic carbocycles. The van der Waals surface area contributed by atoms with Crippen molar-refractivity contribution in [2.75, 3.05) is 26.2 Å². The molecule has 134 valence electrons. The SMILES string of the molecule is CCC[C@@H](c1cccc(C(F)(F)F)c1Cl)N1CCNCC1.Cl.Cl. The van der Waals surface area contributed by atoms with E-state index in [4.69, 9.17) is 11.6 Å². The van der Waals surface area contributed by atoms with Crippen molar-refractivity contribution >= 4 is 36.4 Å². The Labute approximate surface area is 152 Å². The largest absolute Gasteiger partial charge is 0.417 e. The molecule has 1 atom stereocenters. The highest BCUT2D eigenvalue weighted by molar-refractivity contribution is 6.32. The molecule has 0 spiro atoms. The van der Waals surface area contributed by atoms with Crippen molar-refractivity contribution < 1.29 is 13.2 Å². The van der Waals surface area contributed by atoms with Gasteiger partial charge in [-0.2, -0.15) is 13.2 Å². The first kappa shape index (κ1) is 22.8. The second kappa shape index (κ2) is 9.94. The lowest BCUT2D eigenvalue weighted by Crippen LogP contribution is -2.45. The van der Waals surface area contributed by atoms with Gasteiger partial charge in [0.05, 0.1) is 10.6 Å². The van der Waals surface area contributed by atoms with Crippen molar-refractivity contribution in [3.05, 3.63) is 34.3 Å². The molecular formula is C15H22Cl3F3N2. The molecule has 23 heavy (non-hydrogen) atoms. The Bertz CT molecular complexity index is 478. The monoisotopic (exact) mass is 392 g/mol. The third-order valence-electron chi connectivity index (χ3n) is 3.85. The number of rotatable bonds is 4. The third-order valence-corrected chi connectivity index (χ3v) is 4.27. The van der Waals surface area contributed by atoms with Crippen LogP contribution < -0.4 is 5.32 Å². The van der Waals surface area contributed by atoms with Crippen LogP contribution in [0, 0.1) is 0 Å². The van der Waals surface area contributed by atoms with Crippen LogP contribution in [0.1, 0.15) is 36.9 Å². The first-order valence-corrected chi connectivity index (χ1v) is 7.63. The molecule has 0 amide bonds. The van der Waals surface area contributed by atoms with Gasteiger partial charge in [0.2, 0.25) is 0 Å². The Morgan fingerprint density at radius 1 is 1.22 bits per heavy atom. The number of alkyl halides is 3. The van der Waals surface area contributed by atoms with Gasteiger partial charge in [0.1, 0.15) is 0 Å². The summed E-state index contributed by atoms with van der Waals surface area (Å²) in [6.45, 7) is 5.42. The van der Waals surface area contributed by atoms with Gasteiger partial charge >= 0.3 is 6.18 Å². The average molecular weight is 394 g/mol. The van der Waals surface area contributed by atoms with Gasteiger partial charge < -0.3 is 5.32 Å². The molecule has 1 aliphatic rings. The van der Waals surface area contributed by atoms with Gasteiger partial charge in [-0.15, -0.1) is 24.8 Å². The number of nitrogens with zero attached hydrogens (tertiary/aromatic N) is 1. The Morgan fingerprint density at radius 2 is 1.83 bits per heavy atom. The van der Waals surface area contributed by atoms with Crippen molar-refractivity contribution in [1.82, 2.24) is 10.2 Å². The lowest BCUT2D eigenvalue weighted by atomic mass is 9.97. The number of piperazine rings is 1. The lowest BCUT2D eigenvalue weighted by Gasteiger charge is -2.36. The second-order valence-electron chi connectivity index (χ2n) is 5.30. The minimum Gasteiger partial charge on any atom is -0.314 e. The Morgan fingerprint density at radius 3 is 2.35 bits per heavy atom. The molecule has 1 saturated heterocycles. The van der Waals surface area contributed by atoms with Crippen LogP contribution in [0.2, 0.25) is 5.02 Å². The summed E-state index contributed by atoms with van der Waals surface area (Å²) in [6.07, 6.45) is -2.70. The first-order chi connectivity index (χ1) is 9.95. The zero-order valence-electron chi connectivity index (χ0n) is 12.8. The van der Waals surface area contributed by atoms with E-state index in [9.17, 15) is 13.2 Å². The van der Waals surface area contributed by atoms with Gasteiger partial charge in [0, 0.05) is 32.2 Å². The van der Waals surface area contributed by atoms with Gasteiger partial charge in [0.15, 0.2) is 0 Å². The summed E-state index contributed by atoms with van der Waals surface area (Å²) in [5.74, 6) is 0. The summed E-state index contributed by atoms with van der Waals surface area (Å²) in [5, 5.41) is 3.11. The highest BCUT2D eigenvalue weighted by Crippen LogP contribution is 2.40. The van der Waals surface area contributed by atoms with Gasteiger partial charge in [-0.05, 0) is 18.1 Å². The number of hydrogen-bond donors (Lipinski definition) is 1. The molecule has 1 heterocycles. The highest BCUT2D eigenvalue weighted by atomic mass is 35.5. The fourth-order valence-corrected chi connectivity index (χ4v) is 3.19.